The lowest BCUT2D eigenvalue weighted by atomic mass is 10.4. The number of hydrogen-bond acceptors (Lipinski definition) is 5. The van der Waals surface area contributed by atoms with Crippen LogP contribution >= 0.6 is 35.3 Å². The summed E-state index contributed by atoms with van der Waals surface area (Å²) in [5.41, 5.74) is 1.09. The van der Waals surface area contributed by atoms with Crippen LogP contribution < -0.4 is 10.6 Å². The van der Waals surface area contributed by atoms with Gasteiger partial charge in [0.15, 0.2) is 15.8 Å². The van der Waals surface area contributed by atoms with Gasteiger partial charge in [-0.1, -0.05) is 18.2 Å². The first-order chi connectivity index (χ1) is 12.9. The number of hydrogen-bond donors (Lipinski definition) is 2. The lowest BCUT2D eigenvalue weighted by Gasteiger charge is -2.10. The minimum atomic E-state index is -3.24. The van der Waals surface area contributed by atoms with Crippen molar-refractivity contribution in [3.05, 3.63) is 45.9 Å². The number of nitrogens with zero attached hydrogens (tertiary/aromatic N) is 2. The van der Waals surface area contributed by atoms with Crippen molar-refractivity contribution in [3.63, 3.8) is 0 Å². The fourth-order valence-corrected chi connectivity index (χ4v) is 4.72. The molecule has 1 aromatic heterocycles. The van der Waals surface area contributed by atoms with Crippen molar-refractivity contribution in [2.75, 3.05) is 25.4 Å². The first-order valence-electron chi connectivity index (χ1n) is 9.15. The Bertz CT molecular complexity index is 833. The van der Waals surface area contributed by atoms with E-state index in [0.29, 0.717) is 23.8 Å². The molecule has 0 amide bonds. The van der Waals surface area contributed by atoms with Gasteiger partial charge in [0.2, 0.25) is 0 Å². The SMILES string of the molecule is CCNC(=NCCCS(=O)(=O)c1ccccc1)NCCc1nc(C)c(C)s1.I. The van der Waals surface area contributed by atoms with Gasteiger partial charge in [0, 0.05) is 30.9 Å². The number of benzene rings is 1. The highest BCUT2D eigenvalue weighted by Crippen LogP contribution is 2.16. The molecule has 9 heteroatoms. The van der Waals surface area contributed by atoms with Crippen molar-refractivity contribution >= 4 is 51.1 Å². The van der Waals surface area contributed by atoms with E-state index in [2.05, 4.69) is 27.5 Å². The van der Waals surface area contributed by atoms with Gasteiger partial charge < -0.3 is 10.6 Å². The molecule has 0 saturated carbocycles. The molecule has 2 rings (SSSR count). The van der Waals surface area contributed by atoms with E-state index in [1.165, 1.54) is 4.88 Å². The first-order valence-corrected chi connectivity index (χ1v) is 11.6. The molecule has 0 aliphatic heterocycles. The van der Waals surface area contributed by atoms with E-state index in [4.69, 9.17) is 0 Å². The number of rotatable bonds is 9. The van der Waals surface area contributed by atoms with E-state index >= 15 is 0 Å². The number of thiazole rings is 1. The molecule has 0 radical (unpaired) electrons. The number of sulfone groups is 1. The maximum atomic E-state index is 12.3. The third kappa shape index (κ3) is 8.04. The zero-order chi connectivity index (χ0) is 19.7. The fraction of sp³-hybridized carbons (Fsp3) is 0.474. The molecule has 0 aliphatic rings. The Morgan fingerprint density at radius 2 is 1.89 bits per heavy atom. The third-order valence-corrected chi connectivity index (χ3v) is 6.94. The summed E-state index contributed by atoms with van der Waals surface area (Å²) in [5, 5.41) is 7.58. The Morgan fingerprint density at radius 3 is 2.50 bits per heavy atom. The van der Waals surface area contributed by atoms with Crippen LogP contribution in [0.15, 0.2) is 40.2 Å². The van der Waals surface area contributed by atoms with Crippen LogP contribution in [0.25, 0.3) is 0 Å². The zero-order valence-electron chi connectivity index (χ0n) is 16.6. The van der Waals surface area contributed by atoms with Crippen LogP contribution in [0.2, 0.25) is 0 Å². The zero-order valence-corrected chi connectivity index (χ0v) is 20.5. The van der Waals surface area contributed by atoms with Crippen LogP contribution in [0.5, 0.6) is 0 Å². The van der Waals surface area contributed by atoms with Gasteiger partial charge in [-0.25, -0.2) is 13.4 Å². The highest BCUT2D eigenvalue weighted by Gasteiger charge is 2.13. The average molecular weight is 537 g/mol. The lowest BCUT2D eigenvalue weighted by molar-refractivity contribution is 0.593. The Morgan fingerprint density at radius 1 is 1.18 bits per heavy atom. The van der Waals surface area contributed by atoms with Gasteiger partial charge in [-0.15, -0.1) is 35.3 Å². The number of nitrogens with one attached hydrogen (secondary N) is 2. The molecule has 2 N–H and O–H groups in total. The molecule has 0 atom stereocenters. The Labute approximate surface area is 189 Å². The molecule has 156 valence electrons. The van der Waals surface area contributed by atoms with Crippen molar-refractivity contribution in [2.24, 2.45) is 4.99 Å². The summed E-state index contributed by atoms with van der Waals surface area (Å²) in [5.74, 6) is 0.803. The second-order valence-corrected chi connectivity index (χ2v) is 9.57. The van der Waals surface area contributed by atoms with Gasteiger partial charge >= 0.3 is 0 Å². The van der Waals surface area contributed by atoms with Crippen LogP contribution in [0.4, 0.5) is 0 Å². The number of guanidine groups is 1. The van der Waals surface area contributed by atoms with E-state index in [-0.39, 0.29) is 29.7 Å². The second-order valence-electron chi connectivity index (χ2n) is 6.17. The van der Waals surface area contributed by atoms with Crippen LogP contribution in [-0.4, -0.2) is 44.7 Å². The summed E-state index contributed by atoms with van der Waals surface area (Å²) in [6.45, 7) is 8.06. The fourth-order valence-electron chi connectivity index (χ4n) is 2.47. The second kappa shape index (κ2) is 12.4. The smallest absolute Gasteiger partial charge is 0.191 e. The molecular formula is C19H29IN4O2S2. The van der Waals surface area contributed by atoms with Crippen LogP contribution in [-0.2, 0) is 16.3 Å². The van der Waals surface area contributed by atoms with Crippen molar-refractivity contribution < 1.29 is 8.42 Å². The van der Waals surface area contributed by atoms with Crippen molar-refractivity contribution in [3.8, 4) is 0 Å². The molecule has 0 saturated heterocycles. The minimum absolute atomic E-state index is 0. The number of aryl methyl sites for hydroxylation is 2. The van der Waals surface area contributed by atoms with Crippen molar-refractivity contribution in [1.29, 1.82) is 0 Å². The predicted molar refractivity (Wildman–Crippen MR) is 128 cm³/mol. The van der Waals surface area contributed by atoms with E-state index in [1.807, 2.05) is 19.9 Å². The molecule has 1 heterocycles. The summed E-state index contributed by atoms with van der Waals surface area (Å²) < 4.78 is 24.6. The molecule has 0 unspecified atom stereocenters. The van der Waals surface area contributed by atoms with Gasteiger partial charge in [-0.05, 0) is 39.3 Å². The largest absolute Gasteiger partial charge is 0.357 e. The summed E-state index contributed by atoms with van der Waals surface area (Å²) in [6.07, 6.45) is 1.32. The molecular weight excluding hydrogens is 507 g/mol. The van der Waals surface area contributed by atoms with Crippen molar-refractivity contribution in [2.45, 2.75) is 38.5 Å². The van der Waals surface area contributed by atoms with E-state index in [1.54, 1.807) is 35.6 Å². The third-order valence-electron chi connectivity index (χ3n) is 3.99. The summed E-state index contributed by atoms with van der Waals surface area (Å²) >= 11 is 1.72. The highest BCUT2D eigenvalue weighted by molar-refractivity contribution is 14.0. The van der Waals surface area contributed by atoms with Gasteiger partial charge in [0.05, 0.1) is 21.3 Å². The molecule has 0 spiro atoms. The van der Waals surface area contributed by atoms with Gasteiger partial charge in [0.25, 0.3) is 0 Å². The molecule has 0 bridgehead atoms. The Balaban J connectivity index is 0.00000392. The maximum Gasteiger partial charge on any atom is 0.191 e. The molecule has 2 aromatic rings. The van der Waals surface area contributed by atoms with Gasteiger partial charge in [-0.2, -0.15) is 0 Å². The van der Waals surface area contributed by atoms with E-state index < -0.39 is 9.84 Å². The van der Waals surface area contributed by atoms with Crippen molar-refractivity contribution in [1.82, 2.24) is 15.6 Å². The molecule has 0 aliphatic carbocycles. The van der Waals surface area contributed by atoms with Gasteiger partial charge in [-0.3, -0.25) is 4.99 Å². The van der Waals surface area contributed by atoms with E-state index in [0.717, 1.165) is 30.2 Å². The molecule has 28 heavy (non-hydrogen) atoms. The lowest BCUT2D eigenvalue weighted by Crippen LogP contribution is -2.38. The first kappa shape index (κ1) is 24.8. The average Bonchev–Trinajstić information content (AvgIpc) is 2.97. The monoisotopic (exact) mass is 536 g/mol. The van der Waals surface area contributed by atoms with E-state index in [9.17, 15) is 8.42 Å². The number of halogens is 1. The quantitative estimate of drug-likeness (QED) is 0.222. The Kier molecular flexibility index (Phi) is 11.0. The topological polar surface area (TPSA) is 83.5 Å². The Hall–Kier alpha value is -1.20. The predicted octanol–water partition coefficient (Wildman–Crippen LogP) is 3.34. The number of aromatic nitrogens is 1. The summed E-state index contributed by atoms with van der Waals surface area (Å²) in [7, 11) is -3.24. The molecule has 1 aromatic carbocycles. The normalized spacial score (nSPS) is 11.8. The summed E-state index contributed by atoms with van der Waals surface area (Å²) in [4.78, 5) is 10.6. The van der Waals surface area contributed by atoms with Gasteiger partial charge in [0.1, 0.15) is 0 Å². The number of aliphatic imine (C=N–C) groups is 1. The minimum Gasteiger partial charge on any atom is -0.357 e. The molecule has 6 nitrogen and oxygen atoms in total. The van der Waals surface area contributed by atoms with Crippen LogP contribution in [0, 0.1) is 13.8 Å². The van der Waals surface area contributed by atoms with Crippen LogP contribution in [0.3, 0.4) is 0 Å². The molecule has 0 fully saturated rings. The standard InChI is InChI=1S/C19H28N4O2S2.HI/c1-4-20-19(22-13-11-18-23-15(2)16(3)26-18)21-12-8-14-27(24,25)17-9-6-5-7-10-17;/h5-7,9-10H,4,8,11-14H2,1-3H3,(H2,20,21,22);1H. The maximum absolute atomic E-state index is 12.3. The highest BCUT2D eigenvalue weighted by atomic mass is 127. The van der Waals surface area contributed by atoms with Crippen LogP contribution in [0.1, 0.15) is 28.9 Å². The summed E-state index contributed by atoms with van der Waals surface area (Å²) in [6, 6.07) is 8.55.